The molecular weight excluding hydrogens is 240 g/mol. The number of rotatable bonds is 5. The molecule has 2 rings (SSSR count). The predicted molar refractivity (Wildman–Crippen MR) is 76.1 cm³/mol. The molecule has 1 N–H and O–H groups in total. The molecule has 1 saturated carbocycles. The van der Waals surface area contributed by atoms with Crippen LogP contribution in [0, 0.1) is 5.92 Å². The minimum Gasteiger partial charge on any atom is -0.468 e. The molecule has 0 aromatic heterocycles. The maximum absolute atomic E-state index is 12.3. The van der Waals surface area contributed by atoms with E-state index in [1.54, 1.807) is 0 Å². The number of hydrogen-bond donors (Lipinski definition) is 1. The highest BCUT2D eigenvalue weighted by molar-refractivity contribution is 5.82. The summed E-state index contributed by atoms with van der Waals surface area (Å²) in [5, 5.41) is 3.30. The number of esters is 1. The van der Waals surface area contributed by atoms with Crippen molar-refractivity contribution in [3.05, 3.63) is 0 Å². The van der Waals surface area contributed by atoms with Crippen LogP contribution in [-0.4, -0.2) is 50.2 Å². The highest BCUT2D eigenvalue weighted by Gasteiger charge is 2.51. The fraction of sp³-hybridized carbons (Fsp3) is 0.933. The third-order valence-electron chi connectivity index (χ3n) is 4.69. The molecule has 4 nitrogen and oxygen atoms in total. The number of carbonyl (C=O) groups excluding carboxylic acids is 1. The van der Waals surface area contributed by atoms with E-state index in [4.69, 9.17) is 4.74 Å². The predicted octanol–water partition coefficient (Wildman–Crippen LogP) is 1.79. The molecule has 1 heterocycles. The first-order valence-electron chi connectivity index (χ1n) is 7.72. The lowest BCUT2D eigenvalue weighted by atomic mass is 9.91. The molecule has 1 aliphatic heterocycles. The number of ether oxygens (including phenoxy) is 1. The van der Waals surface area contributed by atoms with Crippen molar-refractivity contribution in [2.24, 2.45) is 5.92 Å². The molecule has 0 aromatic rings. The Hall–Kier alpha value is -0.610. The van der Waals surface area contributed by atoms with Crippen molar-refractivity contribution in [1.29, 1.82) is 0 Å². The molecule has 4 heteroatoms. The molecule has 19 heavy (non-hydrogen) atoms. The van der Waals surface area contributed by atoms with E-state index in [9.17, 15) is 4.79 Å². The van der Waals surface area contributed by atoms with E-state index in [2.05, 4.69) is 10.2 Å². The van der Waals surface area contributed by atoms with Gasteiger partial charge in [-0.2, -0.15) is 0 Å². The Bertz CT molecular complexity index is 297. The van der Waals surface area contributed by atoms with Crippen molar-refractivity contribution < 1.29 is 9.53 Å². The Morgan fingerprint density at radius 1 is 1.21 bits per heavy atom. The van der Waals surface area contributed by atoms with Gasteiger partial charge in [-0.05, 0) is 51.7 Å². The molecule has 1 saturated heterocycles. The fourth-order valence-electron chi connectivity index (χ4n) is 3.33. The van der Waals surface area contributed by atoms with Crippen LogP contribution < -0.4 is 5.32 Å². The number of likely N-dealkylation sites (N-methyl/N-ethyl adjacent to an activating group) is 1. The molecule has 0 spiro atoms. The summed E-state index contributed by atoms with van der Waals surface area (Å²) in [6.07, 6.45) is 8.81. The molecule has 0 radical (unpaired) electrons. The van der Waals surface area contributed by atoms with Crippen LogP contribution in [0.1, 0.15) is 44.9 Å². The topological polar surface area (TPSA) is 41.6 Å². The number of hydrogen-bond acceptors (Lipinski definition) is 4. The minimum absolute atomic E-state index is 0.0837. The van der Waals surface area contributed by atoms with Gasteiger partial charge in [-0.15, -0.1) is 0 Å². The summed E-state index contributed by atoms with van der Waals surface area (Å²) in [5.74, 6) is 0.370. The normalized spacial score (nSPS) is 25.2. The number of nitrogens with one attached hydrogen (secondary N) is 1. The highest BCUT2D eigenvalue weighted by Crippen LogP contribution is 2.41. The average Bonchev–Trinajstić information content (AvgIpc) is 3.22. The largest absolute Gasteiger partial charge is 0.468 e. The summed E-state index contributed by atoms with van der Waals surface area (Å²) < 4.78 is 5.08. The van der Waals surface area contributed by atoms with E-state index in [0.717, 1.165) is 32.5 Å². The van der Waals surface area contributed by atoms with Gasteiger partial charge < -0.3 is 15.0 Å². The lowest BCUT2D eigenvalue weighted by Gasteiger charge is -2.37. The van der Waals surface area contributed by atoms with Crippen LogP contribution in [0.25, 0.3) is 0 Å². The Balaban J connectivity index is 2.03. The van der Waals surface area contributed by atoms with Crippen LogP contribution in [0.4, 0.5) is 0 Å². The SMILES string of the molecule is CNC(CN1CCCCCCC1)(C(=O)OC)C1CC1. The second-order valence-electron chi connectivity index (χ2n) is 6.03. The van der Waals surface area contributed by atoms with Gasteiger partial charge in [-0.1, -0.05) is 19.3 Å². The van der Waals surface area contributed by atoms with Crippen LogP contribution in [0.2, 0.25) is 0 Å². The number of carbonyl (C=O) groups is 1. The molecule has 2 aliphatic rings. The lowest BCUT2D eigenvalue weighted by Crippen LogP contribution is -2.60. The number of methoxy groups -OCH3 is 1. The first-order valence-corrected chi connectivity index (χ1v) is 7.72. The Kier molecular flexibility index (Phi) is 5.22. The number of nitrogens with zero attached hydrogens (tertiary/aromatic N) is 1. The third kappa shape index (κ3) is 3.48. The van der Waals surface area contributed by atoms with Crippen LogP contribution in [-0.2, 0) is 9.53 Å². The van der Waals surface area contributed by atoms with Crippen LogP contribution in [0.15, 0.2) is 0 Å². The summed E-state index contributed by atoms with van der Waals surface area (Å²) >= 11 is 0. The van der Waals surface area contributed by atoms with E-state index in [-0.39, 0.29) is 5.97 Å². The van der Waals surface area contributed by atoms with Crippen LogP contribution in [0.5, 0.6) is 0 Å². The summed E-state index contributed by atoms with van der Waals surface area (Å²) in [4.78, 5) is 14.7. The standard InChI is InChI=1S/C15H28N2O2/c1-16-15(13-8-9-13,14(18)19-2)12-17-10-6-4-3-5-7-11-17/h13,16H,3-12H2,1-2H3. The van der Waals surface area contributed by atoms with Crippen molar-refractivity contribution in [3.63, 3.8) is 0 Å². The van der Waals surface area contributed by atoms with Crippen molar-refractivity contribution >= 4 is 5.97 Å². The van der Waals surface area contributed by atoms with E-state index < -0.39 is 5.54 Å². The van der Waals surface area contributed by atoms with Gasteiger partial charge in [-0.3, -0.25) is 0 Å². The highest BCUT2D eigenvalue weighted by atomic mass is 16.5. The van der Waals surface area contributed by atoms with E-state index in [1.807, 2.05) is 7.05 Å². The summed E-state index contributed by atoms with van der Waals surface area (Å²) in [7, 11) is 3.41. The van der Waals surface area contributed by atoms with Crippen molar-refractivity contribution in [2.75, 3.05) is 33.8 Å². The molecule has 0 amide bonds. The average molecular weight is 268 g/mol. The maximum Gasteiger partial charge on any atom is 0.327 e. The third-order valence-corrected chi connectivity index (χ3v) is 4.69. The van der Waals surface area contributed by atoms with Gasteiger partial charge >= 0.3 is 5.97 Å². The van der Waals surface area contributed by atoms with Gasteiger partial charge in [0.05, 0.1) is 7.11 Å². The van der Waals surface area contributed by atoms with Crippen LogP contribution >= 0.6 is 0 Å². The first kappa shape index (κ1) is 14.8. The monoisotopic (exact) mass is 268 g/mol. The Morgan fingerprint density at radius 2 is 1.79 bits per heavy atom. The van der Waals surface area contributed by atoms with E-state index in [1.165, 1.54) is 39.2 Å². The Morgan fingerprint density at radius 3 is 2.26 bits per heavy atom. The zero-order chi connectivity index (χ0) is 13.7. The van der Waals surface area contributed by atoms with Gasteiger partial charge in [0.15, 0.2) is 0 Å². The Labute approximate surface area is 116 Å². The number of likely N-dealkylation sites (tertiary alicyclic amines) is 1. The quantitative estimate of drug-likeness (QED) is 0.772. The van der Waals surface area contributed by atoms with Gasteiger partial charge in [0.25, 0.3) is 0 Å². The molecule has 1 atom stereocenters. The molecule has 0 aromatic carbocycles. The van der Waals surface area contributed by atoms with E-state index >= 15 is 0 Å². The van der Waals surface area contributed by atoms with Crippen molar-refractivity contribution in [1.82, 2.24) is 10.2 Å². The minimum atomic E-state index is -0.478. The van der Waals surface area contributed by atoms with Gasteiger partial charge in [0, 0.05) is 6.54 Å². The zero-order valence-electron chi connectivity index (χ0n) is 12.4. The molecule has 110 valence electrons. The van der Waals surface area contributed by atoms with E-state index in [0.29, 0.717) is 5.92 Å². The summed E-state index contributed by atoms with van der Waals surface area (Å²) in [6.45, 7) is 3.04. The smallest absolute Gasteiger partial charge is 0.327 e. The lowest BCUT2D eigenvalue weighted by molar-refractivity contribution is -0.150. The fourth-order valence-corrected chi connectivity index (χ4v) is 3.33. The molecule has 0 bridgehead atoms. The molecule has 2 fully saturated rings. The maximum atomic E-state index is 12.3. The molecular formula is C15H28N2O2. The van der Waals surface area contributed by atoms with Crippen LogP contribution in [0.3, 0.4) is 0 Å². The first-order chi connectivity index (χ1) is 9.23. The second kappa shape index (κ2) is 6.71. The zero-order valence-corrected chi connectivity index (χ0v) is 12.4. The summed E-state index contributed by atoms with van der Waals surface area (Å²) in [5.41, 5.74) is -0.478. The van der Waals surface area contributed by atoms with Crippen molar-refractivity contribution in [2.45, 2.75) is 50.5 Å². The van der Waals surface area contributed by atoms with Gasteiger partial charge in [-0.25, -0.2) is 4.79 Å². The molecule has 1 aliphatic carbocycles. The molecule has 1 unspecified atom stereocenters. The second-order valence-corrected chi connectivity index (χ2v) is 6.03. The van der Waals surface area contributed by atoms with Gasteiger partial charge in [0.1, 0.15) is 5.54 Å². The summed E-state index contributed by atoms with van der Waals surface area (Å²) in [6, 6.07) is 0. The van der Waals surface area contributed by atoms with Crippen molar-refractivity contribution in [3.8, 4) is 0 Å². The van der Waals surface area contributed by atoms with Gasteiger partial charge in [0.2, 0.25) is 0 Å².